The number of piperidine rings is 1. The van der Waals surface area contributed by atoms with E-state index in [1.807, 2.05) is 4.90 Å². The maximum Gasteiger partial charge on any atom is 0.0507 e. The highest BCUT2D eigenvalue weighted by atomic mass is 15.4. The molecule has 3 heteroatoms. The van der Waals surface area contributed by atoms with Crippen molar-refractivity contribution in [2.75, 3.05) is 32.8 Å². The van der Waals surface area contributed by atoms with Crippen molar-refractivity contribution in [2.45, 2.75) is 84.8 Å². The van der Waals surface area contributed by atoms with Gasteiger partial charge in [-0.3, -0.25) is 14.7 Å². The number of hydrogen-bond donors (Lipinski definition) is 0. The van der Waals surface area contributed by atoms with Crippen molar-refractivity contribution in [3.8, 4) is 0 Å². The Morgan fingerprint density at radius 2 is 1.39 bits per heavy atom. The van der Waals surface area contributed by atoms with Gasteiger partial charge in [-0.25, -0.2) is 0 Å². The van der Waals surface area contributed by atoms with Gasteiger partial charge in [-0.15, -0.1) is 0 Å². The molecule has 3 saturated heterocycles. The molecule has 2 atom stereocenters. The van der Waals surface area contributed by atoms with Crippen LogP contribution in [0.2, 0.25) is 0 Å². The Labute approximate surface area is 155 Å². The van der Waals surface area contributed by atoms with E-state index >= 15 is 0 Å². The monoisotopic (exact) mass is 329 g/mol. The number of rotatable bonds is 2. The molecule has 0 saturated carbocycles. The van der Waals surface area contributed by atoms with Gasteiger partial charge in [0, 0.05) is 41.7 Å². The predicted octanol–water partition coefficient (Wildman–Crippen LogP) is 3.65. The van der Waals surface area contributed by atoms with E-state index in [0.717, 1.165) is 17.7 Å². The minimum atomic E-state index is -2.67. The zero-order chi connectivity index (χ0) is 24.0. The second-order valence-corrected chi connectivity index (χ2v) is 9.38. The summed E-state index contributed by atoms with van der Waals surface area (Å²) in [5.41, 5.74) is -0.946. The predicted molar refractivity (Wildman–Crippen MR) is 98.6 cm³/mol. The fraction of sp³-hybridized carbons (Fsp3) is 1.00. The maximum absolute atomic E-state index is 8.68. The second-order valence-electron chi connectivity index (χ2n) is 9.38. The van der Waals surface area contributed by atoms with E-state index in [4.69, 9.17) is 11.0 Å². The standard InChI is InChI=1S/C20H39N3/c1-19(2,3)16-9-11-21(12-10-16)15-22-13-17-7-8-18(14-22)23(17)20(4,5)6/h16-18H,7-15H2,1-6H3/i9D2,10D2,11D2,12D2. The van der Waals surface area contributed by atoms with Gasteiger partial charge in [-0.1, -0.05) is 20.8 Å². The van der Waals surface area contributed by atoms with E-state index in [0.29, 0.717) is 13.1 Å². The highest BCUT2D eigenvalue weighted by molar-refractivity contribution is 5.00. The Morgan fingerprint density at radius 3 is 1.83 bits per heavy atom. The molecular weight excluding hydrogens is 282 g/mol. The molecule has 3 rings (SSSR count). The van der Waals surface area contributed by atoms with E-state index < -0.39 is 37.1 Å². The van der Waals surface area contributed by atoms with Gasteiger partial charge in [0.2, 0.25) is 0 Å². The van der Waals surface area contributed by atoms with Gasteiger partial charge in [-0.05, 0) is 70.7 Å². The van der Waals surface area contributed by atoms with Crippen molar-refractivity contribution in [1.82, 2.24) is 14.7 Å². The van der Waals surface area contributed by atoms with E-state index in [2.05, 4.69) is 25.7 Å². The Hall–Kier alpha value is -0.120. The first-order valence-electron chi connectivity index (χ1n) is 13.0. The fourth-order valence-corrected chi connectivity index (χ4v) is 4.25. The minimum absolute atomic E-state index is 0.0151. The number of piperazine rings is 1. The maximum atomic E-state index is 8.68. The summed E-state index contributed by atoms with van der Waals surface area (Å²) in [6, 6.07) is 0.576. The van der Waals surface area contributed by atoms with E-state index in [9.17, 15) is 0 Å². The Morgan fingerprint density at radius 1 is 0.870 bits per heavy atom. The Bertz CT molecular complexity index is 656. The Kier molecular flexibility index (Phi) is 2.78. The lowest BCUT2D eigenvalue weighted by Gasteiger charge is -2.49. The van der Waals surface area contributed by atoms with Crippen molar-refractivity contribution < 1.29 is 11.0 Å². The van der Waals surface area contributed by atoms with Gasteiger partial charge in [-0.2, -0.15) is 0 Å². The van der Waals surface area contributed by atoms with E-state index in [1.165, 1.54) is 0 Å². The van der Waals surface area contributed by atoms with Gasteiger partial charge >= 0.3 is 0 Å². The summed E-state index contributed by atoms with van der Waals surface area (Å²) in [6.07, 6.45) is -3.09. The largest absolute Gasteiger partial charge is 0.290 e. The summed E-state index contributed by atoms with van der Waals surface area (Å²) in [5.74, 6) is -1.46. The average molecular weight is 330 g/mol. The Balaban J connectivity index is 1.94. The number of nitrogens with zero attached hydrogens (tertiary/aromatic N) is 3. The summed E-state index contributed by atoms with van der Waals surface area (Å²) < 4.78 is 69.3. The third kappa shape index (κ3) is 3.93. The molecule has 0 spiro atoms. The summed E-state index contributed by atoms with van der Waals surface area (Å²) >= 11 is 0. The van der Waals surface area contributed by atoms with Crippen molar-refractivity contribution in [3.05, 3.63) is 0 Å². The van der Waals surface area contributed by atoms with Gasteiger partial charge in [0.1, 0.15) is 0 Å². The van der Waals surface area contributed by atoms with E-state index in [-0.39, 0.29) is 24.3 Å². The number of hydrogen-bond acceptors (Lipinski definition) is 3. The van der Waals surface area contributed by atoms with Crippen LogP contribution in [-0.4, -0.2) is 65.1 Å². The zero-order valence-electron chi connectivity index (χ0n) is 23.6. The summed E-state index contributed by atoms with van der Waals surface area (Å²) in [4.78, 5) is 5.30. The summed E-state index contributed by atoms with van der Waals surface area (Å²) in [7, 11) is 0. The van der Waals surface area contributed by atoms with Crippen LogP contribution in [0.3, 0.4) is 0 Å². The van der Waals surface area contributed by atoms with Crippen LogP contribution in [0.15, 0.2) is 0 Å². The van der Waals surface area contributed by atoms with Gasteiger partial charge in [0.25, 0.3) is 0 Å². The molecular formula is C20H39N3. The first-order chi connectivity index (χ1) is 13.7. The lowest BCUT2D eigenvalue weighted by molar-refractivity contribution is -0.0241. The lowest BCUT2D eigenvalue weighted by Crippen LogP contribution is -2.61. The SMILES string of the molecule is [2H]C1([2H])C(C(C)(C)C)C([2H])([2H])C([2H])([2H])N(CN2CC3CCC(C2)N3C(C)(C)C)C1([2H])[2H]. The number of likely N-dealkylation sites (tertiary alicyclic amines) is 2. The summed E-state index contributed by atoms with van der Waals surface area (Å²) in [6.45, 7) is 7.33. The number of fused-ring (bicyclic) bond motifs is 2. The second kappa shape index (κ2) is 6.31. The summed E-state index contributed by atoms with van der Waals surface area (Å²) in [5, 5.41) is 0. The molecule has 3 nitrogen and oxygen atoms in total. The molecule has 134 valence electrons. The van der Waals surface area contributed by atoms with Crippen LogP contribution in [-0.2, 0) is 0 Å². The molecule has 0 aromatic rings. The van der Waals surface area contributed by atoms with Gasteiger partial charge in [0.05, 0.1) is 6.67 Å². The zero-order valence-corrected chi connectivity index (χ0v) is 15.6. The molecule has 0 aromatic carbocycles. The highest BCUT2D eigenvalue weighted by Crippen LogP contribution is 2.37. The molecule has 2 unspecified atom stereocenters. The first kappa shape index (κ1) is 10.1. The molecule has 3 heterocycles. The molecule has 0 aromatic heterocycles. The molecule has 23 heavy (non-hydrogen) atoms. The quantitative estimate of drug-likeness (QED) is 0.765. The first-order valence-corrected chi connectivity index (χ1v) is 8.95. The molecule has 3 aliphatic heterocycles. The molecule has 0 radical (unpaired) electrons. The lowest BCUT2D eigenvalue weighted by atomic mass is 9.75. The van der Waals surface area contributed by atoms with Crippen molar-refractivity contribution in [1.29, 1.82) is 0 Å². The highest BCUT2D eigenvalue weighted by Gasteiger charge is 2.44. The third-order valence-corrected chi connectivity index (χ3v) is 5.23. The molecule has 0 aliphatic carbocycles. The van der Waals surface area contributed by atoms with Gasteiger partial charge in [0.15, 0.2) is 0 Å². The van der Waals surface area contributed by atoms with Crippen LogP contribution >= 0.6 is 0 Å². The van der Waals surface area contributed by atoms with Gasteiger partial charge < -0.3 is 0 Å². The fourth-order valence-electron chi connectivity index (χ4n) is 4.25. The van der Waals surface area contributed by atoms with Crippen LogP contribution in [0, 0.1) is 11.3 Å². The van der Waals surface area contributed by atoms with Crippen LogP contribution in [0.4, 0.5) is 0 Å². The normalized spacial score (nSPS) is 46.5. The van der Waals surface area contributed by atoms with Crippen molar-refractivity contribution in [3.63, 3.8) is 0 Å². The third-order valence-electron chi connectivity index (χ3n) is 5.23. The van der Waals surface area contributed by atoms with Crippen LogP contribution in [0.5, 0.6) is 0 Å². The molecule has 0 amide bonds. The van der Waals surface area contributed by atoms with Crippen LogP contribution in [0.1, 0.15) is 78.1 Å². The van der Waals surface area contributed by atoms with Crippen molar-refractivity contribution >= 4 is 0 Å². The van der Waals surface area contributed by atoms with Crippen molar-refractivity contribution in [2.24, 2.45) is 11.3 Å². The molecule has 2 bridgehead atoms. The molecule has 3 aliphatic rings. The van der Waals surface area contributed by atoms with Crippen LogP contribution < -0.4 is 0 Å². The van der Waals surface area contributed by atoms with E-state index in [1.54, 1.807) is 20.8 Å². The average Bonchev–Trinajstić information content (AvgIpc) is 2.81. The smallest absolute Gasteiger partial charge is 0.0507 e. The van der Waals surface area contributed by atoms with Crippen LogP contribution in [0.25, 0.3) is 0 Å². The molecule has 3 fully saturated rings. The molecule has 0 N–H and O–H groups in total. The topological polar surface area (TPSA) is 9.72 Å². The minimum Gasteiger partial charge on any atom is -0.290 e.